The Morgan fingerprint density at radius 2 is 1.86 bits per heavy atom. The minimum atomic E-state index is -3.94. The molecule has 7 N–H and O–H groups in total. The molecule has 13 heteroatoms. The molecule has 0 saturated heterocycles. The average molecular weight is 530 g/mol. The van der Waals surface area contributed by atoms with Gasteiger partial charge in [0.25, 0.3) is 0 Å². The first-order chi connectivity index (χ1) is 17.7. The Kier molecular flexibility index (Phi) is 7.64. The van der Waals surface area contributed by atoms with E-state index in [1.807, 2.05) is 0 Å². The minimum absolute atomic E-state index is 0.0800. The van der Waals surface area contributed by atoms with Crippen molar-refractivity contribution in [3.8, 4) is 28.3 Å². The maximum absolute atomic E-state index is 15.5. The lowest BCUT2D eigenvalue weighted by molar-refractivity contribution is 0.331. The van der Waals surface area contributed by atoms with Crippen LogP contribution in [0.15, 0.2) is 48.7 Å². The van der Waals surface area contributed by atoms with Gasteiger partial charge in [0.1, 0.15) is 29.5 Å². The van der Waals surface area contributed by atoms with Crippen LogP contribution in [-0.4, -0.2) is 48.9 Å². The number of rotatable bonds is 10. The van der Waals surface area contributed by atoms with Crippen LogP contribution >= 0.6 is 0 Å². The van der Waals surface area contributed by atoms with E-state index in [1.165, 1.54) is 24.4 Å². The molecule has 0 aliphatic heterocycles. The van der Waals surface area contributed by atoms with E-state index in [9.17, 15) is 12.8 Å². The van der Waals surface area contributed by atoms with Crippen molar-refractivity contribution in [1.29, 1.82) is 0 Å². The molecule has 2 aromatic carbocycles. The molecule has 0 aliphatic carbocycles. The standard InChI is InChI=1S/C24H25F2N7O3S/c25-7-2-10-37(34,35)33-18-4-1-3-16(21(18)26)15-11-17-22(19(12-15)36-9-8-27)31-24(32-23(17)29)14-5-6-20(28)30-13-14/h1,3-6,11-13,33H,2,7-10,27H2,(H2,28,30)(H2,29,31,32). The fourth-order valence-corrected chi connectivity index (χ4v) is 4.71. The van der Waals surface area contributed by atoms with E-state index in [1.54, 1.807) is 24.3 Å². The van der Waals surface area contributed by atoms with Crippen molar-refractivity contribution in [2.45, 2.75) is 6.42 Å². The van der Waals surface area contributed by atoms with E-state index < -0.39 is 28.3 Å². The number of nitrogens with zero attached hydrogens (tertiary/aromatic N) is 3. The number of fused-ring (bicyclic) bond motifs is 1. The van der Waals surface area contributed by atoms with Gasteiger partial charge < -0.3 is 21.9 Å². The summed E-state index contributed by atoms with van der Waals surface area (Å²) >= 11 is 0. The molecule has 10 nitrogen and oxygen atoms in total. The fourth-order valence-electron chi connectivity index (χ4n) is 3.62. The highest BCUT2D eigenvalue weighted by Crippen LogP contribution is 2.37. The van der Waals surface area contributed by atoms with Crippen molar-refractivity contribution in [2.24, 2.45) is 5.73 Å². The zero-order chi connectivity index (χ0) is 26.6. The molecule has 0 aliphatic rings. The van der Waals surface area contributed by atoms with Gasteiger partial charge in [0.2, 0.25) is 10.0 Å². The van der Waals surface area contributed by atoms with Crippen molar-refractivity contribution in [2.75, 3.05) is 41.8 Å². The Labute approximate surface area is 211 Å². The Balaban J connectivity index is 1.83. The summed E-state index contributed by atoms with van der Waals surface area (Å²) in [7, 11) is -3.94. The number of alkyl halides is 1. The zero-order valence-electron chi connectivity index (χ0n) is 19.6. The quantitative estimate of drug-likeness (QED) is 0.241. The summed E-state index contributed by atoms with van der Waals surface area (Å²) in [6.07, 6.45) is 1.32. The lowest BCUT2D eigenvalue weighted by Crippen LogP contribution is -2.18. The molecule has 37 heavy (non-hydrogen) atoms. The van der Waals surface area contributed by atoms with Gasteiger partial charge in [0.15, 0.2) is 11.6 Å². The molecular weight excluding hydrogens is 504 g/mol. The van der Waals surface area contributed by atoms with Gasteiger partial charge in [-0.2, -0.15) is 0 Å². The summed E-state index contributed by atoms with van der Waals surface area (Å²) in [5.74, 6) is -0.272. The van der Waals surface area contributed by atoms with Gasteiger partial charge in [0.05, 0.1) is 18.1 Å². The van der Waals surface area contributed by atoms with Gasteiger partial charge in [-0.3, -0.25) is 9.11 Å². The SMILES string of the molecule is NCCOc1cc(-c2cccc(NS(=O)(=O)CCCF)c2F)cc2c(N)nc(-c3ccc(N)nc3)nc12. The maximum Gasteiger partial charge on any atom is 0.232 e. The molecule has 0 spiro atoms. The number of anilines is 3. The molecule has 0 saturated carbocycles. The van der Waals surface area contributed by atoms with Crippen LogP contribution in [0.1, 0.15) is 6.42 Å². The topological polar surface area (TPSA) is 172 Å². The lowest BCUT2D eigenvalue weighted by Gasteiger charge is -2.15. The number of hydrogen-bond donors (Lipinski definition) is 4. The van der Waals surface area contributed by atoms with Crippen LogP contribution in [0.5, 0.6) is 5.75 Å². The Morgan fingerprint density at radius 3 is 2.57 bits per heavy atom. The van der Waals surface area contributed by atoms with Gasteiger partial charge in [-0.15, -0.1) is 0 Å². The molecule has 4 aromatic rings. The zero-order valence-corrected chi connectivity index (χ0v) is 20.4. The largest absolute Gasteiger partial charge is 0.490 e. The molecule has 0 bridgehead atoms. The molecule has 0 atom stereocenters. The first kappa shape index (κ1) is 26.0. The fraction of sp³-hybridized carbons (Fsp3) is 0.208. The van der Waals surface area contributed by atoms with Gasteiger partial charge in [0, 0.05) is 29.3 Å². The second-order valence-corrected chi connectivity index (χ2v) is 9.88. The lowest BCUT2D eigenvalue weighted by atomic mass is 10.0. The first-order valence-corrected chi connectivity index (χ1v) is 12.9. The number of nitrogen functional groups attached to an aromatic ring is 2. The van der Waals surface area contributed by atoms with E-state index in [0.29, 0.717) is 33.7 Å². The average Bonchev–Trinajstić information content (AvgIpc) is 2.87. The predicted molar refractivity (Wildman–Crippen MR) is 140 cm³/mol. The normalized spacial score (nSPS) is 11.5. The van der Waals surface area contributed by atoms with Crippen molar-refractivity contribution in [3.63, 3.8) is 0 Å². The molecule has 0 radical (unpaired) electrons. The summed E-state index contributed by atoms with van der Waals surface area (Å²) in [4.78, 5) is 13.0. The summed E-state index contributed by atoms with van der Waals surface area (Å²) in [5, 5.41) is 0.394. The monoisotopic (exact) mass is 529 g/mol. The van der Waals surface area contributed by atoms with Crippen molar-refractivity contribution < 1.29 is 21.9 Å². The molecule has 2 aromatic heterocycles. The van der Waals surface area contributed by atoms with Gasteiger partial charge >= 0.3 is 0 Å². The third-order valence-electron chi connectivity index (χ3n) is 5.34. The Bertz CT molecular complexity index is 1530. The van der Waals surface area contributed by atoms with Gasteiger partial charge in [-0.05, 0) is 42.3 Å². The number of pyridine rings is 1. The second-order valence-electron chi connectivity index (χ2n) is 8.04. The number of nitrogens with two attached hydrogens (primary N) is 3. The first-order valence-electron chi connectivity index (χ1n) is 11.2. The van der Waals surface area contributed by atoms with Gasteiger partial charge in [-0.1, -0.05) is 12.1 Å². The molecular formula is C24H25F2N7O3S. The summed E-state index contributed by atoms with van der Waals surface area (Å²) in [5.41, 5.74) is 18.7. The van der Waals surface area contributed by atoms with Crippen LogP contribution in [-0.2, 0) is 10.0 Å². The van der Waals surface area contributed by atoms with E-state index >= 15 is 4.39 Å². The second kappa shape index (κ2) is 10.9. The van der Waals surface area contributed by atoms with Gasteiger partial charge in [-0.25, -0.2) is 27.8 Å². The Morgan fingerprint density at radius 1 is 1.05 bits per heavy atom. The van der Waals surface area contributed by atoms with E-state index in [4.69, 9.17) is 21.9 Å². The summed E-state index contributed by atoms with van der Waals surface area (Å²) < 4.78 is 60.3. The van der Waals surface area contributed by atoms with E-state index in [0.717, 1.165) is 0 Å². The summed E-state index contributed by atoms with van der Waals surface area (Å²) in [6.45, 7) is -0.435. The van der Waals surface area contributed by atoms with Crippen molar-refractivity contribution in [3.05, 3.63) is 54.5 Å². The number of aromatic nitrogens is 3. The number of benzene rings is 2. The van der Waals surface area contributed by atoms with Crippen LogP contribution < -0.4 is 26.7 Å². The maximum atomic E-state index is 15.5. The third kappa shape index (κ3) is 5.84. The number of hydrogen-bond acceptors (Lipinski definition) is 9. The van der Waals surface area contributed by atoms with Crippen LogP contribution in [0.4, 0.5) is 26.1 Å². The van der Waals surface area contributed by atoms with Crippen LogP contribution in [0.3, 0.4) is 0 Å². The molecule has 0 unspecified atom stereocenters. The minimum Gasteiger partial charge on any atom is -0.490 e. The van der Waals surface area contributed by atoms with E-state index in [-0.39, 0.29) is 42.4 Å². The highest BCUT2D eigenvalue weighted by Gasteiger charge is 2.19. The molecule has 2 heterocycles. The number of halogens is 2. The molecule has 0 amide bonds. The number of ether oxygens (including phenoxy) is 1. The smallest absolute Gasteiger partial charge is 0.232 e. The molecule has 0 fully saturated rings. The van der Waals surface area contributed by atoms with Crippen LogP contribution in [0.2, 0.25) is 0 Å². The van der Waals surface area contributed by atoms with Crippen molar-refractivity contribution in [1.82, 2.24) is 15.0 Å². The van der Waals surface area contributed by atoms with Crippen LogP contribution in [0, 0.1) is 5.82 Å². The Hall–Kier alpha value is -4.10. The number of nitrogens with one attached hydrogen (secondary N) is 1. The highest BCUT2D eigenvalue weighted by atomic mass is 32.2. The highest BCUT2D eigenvalue weighted by molar-refractivity contribution is 7.92. The van der Waals surface area contributed by atoms with Crippen LogP contribution in [0.25, 0.3) is 33.4 Å². The molecule has 194 valence electrons. The predicted octanol–water partition coefficient (Wildman–Crippen LogP) is 3.10. The van der Waals surface area contributed by atoms with Crippen molar-refractivity contribution >= 4 is 38.2 Å². The van der Waals surface area contributed by atoms with E-state index in [2.05, 4.69) is 19.7 Å². The summed E-state index contributed by atoms with van der Waals surface area (Å²) in [6, 6.07) is 10.7. The molecule has 4 rings (SSSR count). The number of sulfonamides is 1. The third-order valence-corrected chi connectivity index (χ3v) is 6.69.